The van der Waals surface area contributed by atoms with Crippen LogP contribution in [-0.4, -0.2) is 30.0 Å². The van der Waals surface area contributed by atoms with Gasteiger partial charge in [-0.15, -0.1) is 0 Å². The number of H-pyrrole nitrogens is 1. The van der Waals surface area contributed by atoms with E-state index in [4.69, 9.17) is 0 Å². The third-order valence-corrected chi connectivity index (χ3v) is 6.67. The lowest BCUT2D eigenvalue weighted by atomic mass is 9.88. The van der Waals surface area contributed by atoms with Crippen LogP contribution in [0.4, 0.5) is 0 Å². The Morgan fingerprint density at radius 3 is 2.39 bits per heavy atom. The Balaban J connectivity index is 1.75. The predicted octanol–water partition coefficient (Wildman–Crippen LogP) is 3.17. The number of nitrogens with zero attached hydrogens (tertiary/aromatic N) is 1. The van der Waals surface area contributed by atoms with Crippen molar-refractivity contribution in [3.8, 4) is 0 Å². The molecule has 0 radical (unpaired) electrons. The molecule has 5 rings (SSSR count). The van der Waals surface area contributed by atoms with E-state index in [0.29, 0.717) is 10.9 Å². The Morgan fingerprint density at radius 2 is 1.61 bits per heavy atom. The number of benzene rings is 2. The minimum Gasteiger partial charge on any atom is -0.351 e. The molecule has 0 saturated heterocycles. The molecule has 7 heteroatoms. The second-order valence-corrected chi connectivity index (χ2v) is 8.43. The van der Waals surface area contributed by atoms with Gasteiger partial charge >= 0.3 is 0 Å². The minimum atomic E-state index is -3.75. The number of carbonyl (C=O) groups excluding carboxylic acids is 2. The van der Waals surface area contributed by atoms with Crippen LogP contribution in [0.25, 0.3) is 10.9 Å². The fourth-order valence-electron chi connectivity index (χ4n) is 3.52. The number of rotatable bonds is 2. The van der Waals surface area contributed by atoms with Crippen LogP contribution in [0.1, 0.15) is 32.0 Å². The summed E-state index contributed by atoms with van der Waals surface area (Å²) in [4.78, 5) is 32.9. The SMILES string of the molecule is O=C1c2ccncc2C(=O)c2c1[nH]c1ccc(S(=O)(=O)c3ccccc3)cc21. The van der Waals surface area contributed by atoms with E-state index in [1.54, 1.807) is 24.3 Å². The van der Waals surface area contributed by atoms with Gasteiger partial charge in [0.05, 0.1) is 26.6 Å². The summed E-state index contributed by atoms with van der Waals surface area (Å²) < 4.78 is 25.9. The van der Waals surface area contributed by atoms with E-state index >= 15 is 0 Å². The van der Waals surface area contributed by atoms with E-state index in [1.165, 1.54) is 42.7 Å². The number of aromatic nitrogens is 2. The number of pyridine rings is 1. The highest BCUT2D eigenvalue weighted by molar-refractivity contribution is 7.91. The van der Waals surface area contributed by atoms with Gasteiger partial charge in [-0.2, -0.15) is 0 Å². The number of aromatic amines is 1. The van der Waals surface area contributed by atoms with Gasteiger partial charge in [0.2, 0.25) is 15.6 Å². The van der Waals surface area contributed by atoms with Crippen molar-refractivity contribution in [2.45, 2.75) is 9.79 Å². The van der Waals surface area contributed by atoms with Crippen LogP contribution in [0.5, 0.6) is 0 Å². The molecule has 2 aromatic heterocycles. The van der Waals surface area contributed by atoms with Gasteiger partial charge in [0, 0.05) is 28.9 Å². The lowest BCUT2D eigenvalue weighted by Gasteiger charge is -2.13. The predicted molar refractivity (Wildman–Crippen MR) is 101 cm³/mol. The van der Waals surface area contributed by atoms with Crippen LogP contribution in [0.15, 0.2) is 76.8 Å². The molecule has 1 aliphatic rings. The van der Waals surface area contributed by atoms with Crippen molar-refractivity contribution < 1.29 is 18.0 Å². The third-order valence-electron chi connectivity index (χ3n) is 4.90. The lowest BCUT2D eigenvalue weighted by molar-refractivity contribution is 0.0977. The number of sulfone groups is 1. The van der Waals surface area contributed by atoms with E-state index in [1.807, 2.05) is 0 Å². The number of hydrogen-bond donors (Lipinski definition) is 1. The zero-order chi connectivity index (χ0) is 19.5. The maximum absolute atomic E-state index is 13.0. The van der Waals surface area contributed by atoms with E-state index < -0.39 is 9.84 Å². The summed E-state index contributed by atoms with van der Waals surface area (Å²) in [5.74, 6) is -0.658. The highest BCUT2D eigenvalue weighted by Crippen LogP contribution is 2.34. The second kappa shape index (κ2) is 5.71. The fraction of sp³-hybridized carbons (Fsp3) is 0. The first-order valence-corrected chi connectivity index (χ1v) is 9.96. The van der Waals surface area contributed by atoms with Gasteiger partial charge in [0.25, 0.3) is 0 Å². The van der Waals surface area contributed by atoms with Crippen molar-refractivity contribution in [1.82, 2.24) is 9.97 Å². The normalized spacial score (nSPS) is 13.4. The number of carbonyl (C=O) groups is 2. The zero-order valence-electron chi connectivity index (χ0n) is 14.3. The summed E-state index contributed by atoms with van der Waals surface area (Å²) in [6.45, 7) is 0. The van der Waals surface area contributed by atoms with Gasteiger partial charge in [-0.1, -0.05) is 18.2 Å². The van der Waals surface area contributed by atoms with Crippen LogP contribution >= 0.6 is 0 Å². The largest absolute Gasteiger partial charge is 0.351 e. The maximum Gasteiger partial charge on any atom is 0.210 e. The topological polar surface area (TPSA) is 97.0 Å². The standard InChI is InChI=1S/C21H12N2O4S/c24-20-16-11-22-9-8-14(16)21(25)19-18(20)15-10-13(6-7-17(15)23-19)28(26,27)12-4-2-1-3-5-12/h1-11,23H. The lowest BCUT2D eigenvalue weighted by Crippen LogP contribution is -2.20. The van der Waals surface area contributed by atoms with Crippen molar-refractivity contribution in [2.75, 3.05) is 0 Å². The number of hydrogen-bond acceptors (Lipinski definition) is 5. The molecule has 0 atom stereocenters. The summed E-state index contributed by atoms with van der Waals surface area (Å²) in [6.07, 6.45) is 2.82. The van der Waals surface area contributed by atoms with Crippen molar-refractivity contribution in [1.29, 1.82) is 0 Å². The molecule has 0 spiro atoms. The van der Waals surface area contributed by atoms with E-state index in [2.05, 4.69) is 9.97 Å². The molecule has 2 aromatic carbocycles. The van der Waals surface area contributed by atoms with Gasteiger partial charge in [-0.3, -0.25) is 14.6 Å². The average Bonchev–Trinajstić information content (AvgIpc) is 3.12. The number of nitrogens with one attached hydrogen (secondary N) is 1. The molecule has 6 nitrogen and oxygen atoms in total. The Kier molecular flexibility index (Phi) is 3.38. The fourth-order valence-corrected chi connectivity index (χ4v) is 4.83. The molecular formula is C21H12N2O4S. The smallest absolute Gasteiger partial charge is 0.210 e. The van der Waals surface area contributed by atoms with E-state index in [0.717, 1.165) is 0 Å². The van der Waals surface area contributed by atoms with Crippen LogP contribution < -0.4 is 0 Å². The maximum atomic E-state index is 13.0. The number of ketones is 2. The van der Waals surface area contributed by atoms with Crippen molar-refractivity contribution in [3.05, 3.63) is 89.4 Å². The first kappa shape index (κ1) is 16.6. The third kappa shape index (κ3) is 2.20. The Labute approximate surface area is 159 Å². The van der Waals surface area contributed by atoms with Gasteiger partial charge in [0.15, 0.2) is 5.78 Å². The first-order valence-electron chi connectivity index (χ1n) is 8.48. The molecule has 0 aliphatic heterocycles. The van der Waals surface area contributed by atoms with Gasteiger partial charge in [0.1, 0.15) is 0 Å². The molecule has 0 amide bonds. The monoisotopic (exact) mass is 388 g/mol. The second-order valence-electron chi connectivity index (χ2n) is 6.48. The van der Waals surface area contributed by atoms with Gasteiger partial charge in [-0.05, 0) is 36.4 Å². The summed E-state index contributed by atoms with van der Waals surface area (Å²) in [5.41, 5.74) is 1.39. The molecule has 0 saturated carbocycles. The molecule has 1 aliphatic carbocycles. The summed E-state index contributed by atoms with van der Waals surface area (Å²) >= 11 is 0. The molecule has 0 bridgehead atoms. The molecule has 28 heavy (non-hydrogen) atoms. The van der Waals surface area contributed by atoms with E-state index in [-0.39, 0.29) is 43.7 Å². The quantitative estimate of drug-likeness (QED) is 0.501. The number of fused-ring (bicyclic) bond motifs is 4. The minimum absolute atomic E-state index is 0.0604. The Bertz CT molecular complexity index is 1400. The van der Waals surface area contributed by atoms with Crippen LogP contribution in [0, 0.1) is 0 Å². The molecule has 2 heterocycles. The average molecular weight is 388 g/mol. The molecule has 1 N–H and O–H groups in total. The Hall–Kier alpha value is -3.58. The summed E-state index contributed by atoms with van der Waals surface area (Å²) in [7, 11) is -3.75. The first-order chi connectivity index (χ1) is 13.5. The van der Waals surface area contributed by atoms with Crippen molar-refractivity contribution >= 4 is 32.3 Å². The van der Waals surface area contributed by atoms with Crippen LogP contribution in [0.2, 0.25) is 0 Å². The van der Waals surface area contributed by atoms with Gasteiger partial charge < -0.3 is 4.98 Å². The van der Waals surface area contributed by atoms with Crippen LogP contribution in [-0.2, 0) is 9.84 Å². The van der Waals surface area contributed by atoms with Crippen LogP contribution in [0.3, 0.4) is 0 Å². The molecule has 0 unspecified atom stereocenters. The van der Waals surface area contributed by atoms with Crippen molar-refractivity contribution in [2.24, 2.45) is 0 Å². The van der Waals surface area contributed by atoms with Crippen molar-refractivity contribution in [3.63, 3.8) is 0 Å². The molecule has 136 valence electrons. The molecular weight excluding hydrogens is 376 g/mol. The highest BCUT2D eigenvalue weighted by atomic mass is 32.2. The van der Waals surface area contributed by atoms with Gasteiger partial charge in [-0.25, -0.2) is 8.42 Å². The summed E-state index contributed by atoms with van der Waals surface area (Å²) in [5, 5.41) is 0.403. The highest BCUT2D eigenvalue weighted by Gasteiger charge is 2.33. The molecule has 0 fully saturated rings. The zero-order valence-corrected chi connectivity index (χ0v) is 15.2. The summed E-state index contributed by atoms with van der Waals surface area (Å²) in [6, 6.07) is 14.1. The van der Waals surface area contributed by atoms with E-state index in [9.17, 15) is 18.0 Å². The Morgan fingerprint density at radius 1 is 0.821 bits per heavy atom. The molecule has 4 aromatic rings.